The highest BCUT2D eigenvalue weighted by molar-refractivity contribution is 9.10. The van der Waals surface area contributed by atoms with E-state index in [-0.39, 0.29) is 11.4 Å². The number of hydrogen-bond acceptors (Lipinski definition) is 4. The molecule has 0 atom stereocenters. The Morgan fingerprint density at radius 3 is 2.73 bits per heavy atom. The zero-order valence-electron chi connectivity index (χ0n) is 13.4. The zero-order valence-corrected chi connectivity index (χ0v) is 15.0. The van der Waals surface area contributed by atoms with Crippen LogP contribution in [0.2, 0.25) is 0 Å². The molecule has 0 radical (unpaired) electrons. The fourth-order valence-corrected chi connectivity index (χ4v) is 2.65. The number of aromatic nitrogens is 3. The van der Waals surface area contributed by atoms with E-state index in [9.17, 15) is 18.8 Å². The molecule has 1 aromatic carbocycles. The van der Waals surface area contributed by atoms with E-state index in [1.54, 1.807) is 13.0 Å². The number of carbonyl (C=O) groups is 1. The number of aromatic amines is 1. The van der Waals surface area contributed by atoms with Gasteiger partial charge in [0.15, 0.2) is 5.69 Å². The summed E-state index contributed by atoms with van der Waals surface area (Å²) in [5, 5.41) is 6.32. The first-order valence-electron chi connectivity index (χ1n) is 7.42. The van der Waals surface area contributed by atoms with Gasteiger partial charge in [-0.05, 0) is 41.1 Å². The Bertz CT molecular complexity index is 1120. The van der Waals surface area contributed by atoms with Gasteiger partial charge in [0.1, 0.15) is 17.2 Å². The number of rotatable bonds is 3. The molecule has 0 unspecified atom stereocenters. The maximum absolute atomic E-state index is 14.0. The molecule has 0 saturated carbocycles. The molecule has 0 spiro atoms. The molecule has 26 heavy (non-hydrogen) atoms. The summed E-state index contributed by atoms with van der Waals surface area (Å²) in [6.45, 7) is 1.57. The van der Waals surface area contributed by atoms with Crippen molar-refractivity contribution in [3.8, 4) is 5.69 Å². The molecule has 0 aliphatic rings. The zero-order chi connectivity index (χ0) is 18.8. The van der Waals surface area contributed by atoms with Crippen LogP contribution in [0.3, 0.4) is 0 Å². The third-order valence-corrected chi connectivity index (χ3v) is 3.98. The number of pyridine rings is 1. The van der Waals surface area contributed by atoms with Crippen molar-refractivity contribution < 1.29 is 9.18 Å². The second-order valence-electron chi connectivity index (χ2n) is 5.38. The normalized spacial score (nSPS) is 10.6. The molecule has 0 bridgehead atoms. The summed E-state index contributed by atoms with van der Waals surface area (Å²) in [5.74, 6) is -1.43. The van der Waals surface area contributed by atoms with Gasteiger partial charge in [-0.2, -0.15) is 5.10 Å². The highest BCUT2D eigenvalue weighted by Crippen LogP contribution is 2.14. The number of carbonyl (C=O) groups excluding carboxylic acids is 1. The second kappa shape index (κ2) is 7.04. The summed E-state index contributed by atoms with van der Waals surface area (Å²) in [6, 6.07) is 8.41. The third-order valence-electron chi connectivity index (χ3n) is 3.52. The first kappa shape index (κ1) is 17.7. The Balaban J connectivity index is 2.05. The van der Waals surface area contributed by atoms with Crippen LogP contribution in [0.5, 0.6) is 0 Å². The van der Waals surface area contributed by atoms with Crippen molar-refractivity contribution in [1.82, 2.24) is 14.8 Å². The number of halogens is 2. The van der Waals surface area contributed by atoms with Gasteiger partial charge < -0.3 is 10.3 Å². The fraction of sp³-hybridized carbons (Fsp3) is 0.0588. The van der Waals surface area contributed by atoms with Crippen molar-refractivity contribution in [2.45, 2.75) is 6.92 Å². The van der Waals surface area contributed by atoms with Crippen LogP contribution < -0.4 is 16.3 Å². The summed E-state index contributed by atoms with van der Waals surface area (Å²) < 4.78 is 15.7. The van der Waals surface area contributed by atoms with E-state index in [2.05, 4.69) is 31.3 Å². The van der Waals surface area contributed by atoms with E-state index >= 15 is 0 Å². The molecule has 2 heterocycles. The van der Waals surface area contributed by atoms with Gasteiger partial charge in [0.25, 0.3) is 11.5 Å². The number of nitrogens with one attached hydrogen (secondary N) is 2. The molecule has 2 N–H and O–H groups in total. The Morgan fingerprint density at radius 2 is 2.00 bits per heavy atom. The number of hydrogen-bond donors (Lipinski definition) is 2. The minimum absolute atomic E-state index is 0.0522. The highest BCUT2D eigenvalue weighted by atomic mass is 79.9. The summed E-state index contributed by atoms with van der Waals surface area (Å²) in [6.07, 6.45) is 1.41. The lowest BCUT2D eigenvalue weighted by Crippen LogP contribution is -2.29. The highest BCUT2D eigenvalue weighted by Gasteiger charge is 2.18. The topological polar surface area (TPSA) is 96.8 Å². The smallest absolute Gasteiger partial charge is 0.280 e. The fourth-order valence-electron chi connectivity index (χ4n) is 2.30. The number of anilines is 1. The van der Waals surface area contributed by atoms with Gasteiger partial charge in [-0.25, -0.2) is 9.07 Å². The summed E-state index contributed by atoms with van der Waals surface area (Å²) in [5.41, 5.74) is -1.24. The molecule has 0 aliphatic heterocycles. The minimum atomic E-state index is -0.872. The lowest BCUT2D eigenvalue weighted by atomic mass is 10.2. The van der Waals surface area contributed by atoms with E-state index in [1.807, 2.05) is 0 Å². The van der Waals surface area contributed by atoms with Crippen LogP contribution in [0.25, 0.3) is 5.69 Å². The molecule has 0 fully saturated rings. The molecule has 0 saturated heterocycles. The summed E-state index contributed by atoms with van der Waals surface area (Å²) in [7, 11) is 0. The first-order chi connectivity index (χ1) is 12.4. The van der Waals surface area contributed by atoms with Crippen molar-refractivity contribution >= 4 is 27.5 Å². The number of amides is 1. The van der Waals surface area contributed by atoms with E-state index in [4.69, 9.17) is 0 Å². The third kappa shape index (κ3) is 3.47. The molecule has 9 heteroatoms. The lowest BCUT2D eigenvalue weighted by molar-refractivity contribution is 0.101. The Morgan fingerprint density at radius 1 is 1.27 bits per heavy atom. The van der Waals surface area contributed by atoms with Gasteiger partial charge in [-0.15, -0.1) is 0 Å². The molecule has 1 amide bonds. The van der Waals surface area contributed by atoms with Crippen LogP contribution in [0.15, 0.2) is 56.7 Å². The van der Waals surface area contributed by atoms with Crippen molar-refractivity contribution in [2.24, 2.45) is 0 Å². The van der Waals surface area contributed by atoms with Crippen LogP contribution in [0.4, 0.5) is 10.1 Å². The second-order valence-corrected chi connectivity index (χ2v) is 6.29. The van der Waals surface area contributed by atoms with Crippen LogP contribution in [-0.2, 0) is 0 Å². The Hall–Kier alpha value is -3.07. The van der Waals surface area contributed by atoms with E-state index in [1.165, 1.54) is 36.5 Å². The van der Waals surface area contributed by atoms with Gasteiger partial charge in [0.05, 0.1) is 0 Å². The number of nitrogens with zero attached hydrogens (tertiary/aromatic N) is 2. The molecule has 2 aromatic heterocycles. The Kier molecular flexibility index (Phi) is 4.81. The molecule has 3 rings (SSSR count). The molecule has 3 aromatic rings. The van der Waals surface area contributed by atoms with Gasteiger partial charge in [0.2, 0.25) is 5.43 Å². The van der Waals surface area contributed by atoms with Crippen LogP contribution in [-0.4, -0.2) is 20.7 Å². The van der Waals surface area contributed by atoms with E-state index < -0.39 is 28.4 Å². The molecule has 7 nitrogen and oxygen atoms in total. The van der Waals surface area contributed by atoms with Crippen molar-refractivity contribution in [1.29, 1.82) is 0 Å². The number of H-pyrrole nitrogens is 1. The maximum Gasteiger partial charge on any atom is 0.280 e. The van der Waals surface area contributed by atoms with E-state index in [0.29, 0.717) is 10.2 Å². The molecule has 0 aliphatic carbocycles. The Labute approximate surface area is 154 Å². The van der Waals surface area contributed by atoms with Crippen LogP contribution in [0.1, 0.15) is 16.2 Å². The first-order valence-corrected chi connectivity index (χ1v) is 8.21. The minimum Gasteiger partial charge on any atom is -0.326 e. The van der Waals surface area contributed by atoms with Crippen molar-refractivity contribution in [2.75, 3.05) is 5.32 Å². The van der Waals surface area contributed by atoms with Gasteiger partial charge in [0, 0.05) is 22.4 Å². The summed E-state index contributed by atoms with van der Waals surface area (Å²) in [4.78, 5) is 38.8. The standard InChI is InChI=1S/C17H12BrFN4O3/c1-9-6-14(24)15(22-23(9)13-5-3-2-4-11(13)19)17(26)21-12-7-10(18)8-20-16(12)25/h2-8H,1H3,(H,20,25)(H,21,26). The summed E-state index contributed by atoms with van der Waals surface area (Å²) >= 11 is 3.17. The van der Waals surface area contributed by atoms with Gasteiger partial charge in [-0.1, -0.05) is 12.1 Å². The lowest BCUT2D eigenvalue weighted by Gasteiger charge is -2.12. The quantitative estimate of drug-likeness (QED) is 0.682. The SMILES string of the molecule is Cc1cc(=O)c(C(=O)Nc2cc(Br)c[nH]c2=O)nn1-c1ccccc1F. The molecular weight excluding hydrogens is 407 g/mol. The number of benzene rings is 1. The van der Waals surface area contributed by atoms with Gasteiger partial charge >= 0.3 is 0 Å². The van der Waals surface area contributed by atoms with E-state index in [0.717, 1.165) is 4.68 Å². The number of aryl methyl sites for hydroxylation is 1. The van der Waals surface area contributed by atoms with Crippen LogP contribution >= 0.6 is 15.9 Å². The van der Waals surface area contributed by atoms with Gasteiger partial charge in [-0.3, -0.25) is 14.4 Å². The molecular formula is C17H12BrFN4O3. The van der Waals surface area contributed by atoms with Crippen molar-refractivity contribution in [3.63, 3.8) is 0 Å². The predicted molar refractivity (Wildman–Crippen MR) is 97.2 cm³/mol. The largest absolute Gasteiger partial charge is 0.326 e. The maximum atomic E-state index is 14.0. The van der Waals surface area contributed by atoms with Crippen molar-refractivity contribution in [3.05, 3.63) is 84.8 Å². The predicted octanol–water partition coefficient (Wildman–Crippen LogP) is 2.38. The molecule has 132 valence electrons. The average Bonchev–Trinajstić information content (AvgIpc) is 2.59. The van der Waals surface area contributed by atoms with Crippen LogP contribution in [0, 0.1) is 12.7 Å². The number of para-hydroxylation sites is 1. The monoisotopic (exact) mass is 418 g/mol. The average molecular weight is 419 g/mol.